The Morgan fingerprint density at radius 2 is 1.57 bits per heavy atom. The number of rotatable bonds is 7. The lowest BCUT2D eigenvalue weighted by Gasteiger charge is -2.48. The van der Waals surface area contributed by atoms with Crippen LogP contribution < -0.4 is 0 Å². The maximum absolute atomic E-state index is 13.8. The lowest BCUT2D eigenvalue weighted by molar-refractivity contribution is -0.317. The van der Waals surface area contributed by atoms with Gasteiger partial charge in [0.2, 0.25) is 0 Å². The van der Waals surface area contributed by atoms with Crippen molar-refractivity contribution in [3.05, 3.63) is 0 Å². The third-order valence-corrected chi connectivity index (χ3v) is 10.9. The minimum absolute atomic E-state index is 0.113. The van der Waals surface area contributed by atoms with Crippen LogP contribution in [0, 0.1) is 17.8 Å². The summed E-state index contributed by atoms with van der Waals surface area (Å²) in [5, 5.41) is 56.1. The molecule has 3 aliphatic heterocycles. The van der Waals surface area contributed by atoms with Crippen molar-refractivity contribution in [2.45, 2.75) is 172 Å². The van der Waals surface area contributed by atoms with Gasteiger partial charge in [-0.15, -0.1) is 0 Å². The number of carbonyl (C=O) groups is 2. The van der Waals surface area contributed by atoms with Gasteiger partial charge in [0.25, 0.3) is 0 Å². The summed E-state index contributed by atoms with van der Waals surface area (Å²) < 4.78 is 36.8. The minimum atomic E-state index is -1.82. The Morgan fingerprint density at radius 3 is 2.14 bits per heavy atom. The fraction of sp³-hybridized carbons (Fsp3) is 0.943. The SMILES string of the molecule is CC[C@@H]1C[C@H](O)[C@@H](O)C(=O)[C@H](C)C[C@@](C)(O)[C@H](O[C@@H]2O[C@H](C)C[C@H](N(C)C)[C@H]2O)[C@@H](C)[C@H](O[C@H]2C[C@@](C)(OC)[C@@H](O)[C@H](C)O2)[C@@H](C)C(=O)O1. The molecule has 17 atom stereocenters. The molecule has 3 fully saturated rings. The molecule has 0 aromatic heterocycles. The fourth-order valence-electron chi connectivity index (χ4n) is 7.70. The normalized spacial score (nSPS) is 48.2. The average Bonchev–Trinajstić information content (AvgIpc) is 3.03. The molecule has 0 radical (unpaired) electrons. The Hall–Kier alpha value is -1.30. The van der Waals surface area contributed by atoms with Crippen LogP contribution in [0.25, 0.3) is 0 Å². The quantitative estimate of drug-likeness (QED) is 0.237. The van der Waals surface area contributed by atoms with E-state index in [1.54, 1.807) is 41.5 Å². The molecule has 14 nitrogen and oxygen atoms in total. The number of hydrogen-bond donors (Lipinski definition) is 5. The van der Waals surface area contributed by atoms with Crippen molar-refractivity contribution in [3.63, 3.8) is 0 Å². The summed E-state index contributed by atoms with van der Waals surface area (Å²) in [6.07, 6.45) is -11.0. The highest BCUT2D eigenvalue weighted by atomic mass is 16.7. The number of methoxy groups -OCH3 is 1. The van der Waals surface area contributed by atoms with E-state index >= 15 is 0 Å². The smallest absolute Gasteiger partial charge is 0.311 e. The second-order valence-corrected chi connectivity index (χ2v) is 15.4. The van der Waals surface area contributed by atoms with Crippen molar-refractivity contribution in [3.8, 4) is 0 Å². The van der Waals surface area contributed by atoms with Gasteiger partial charge in [-0.2, -0.15) is 0 Å². The van der Waals surface area contributed by atoms with Gasteiger partial charge in [-0.3, -0.25) is 9.59 Å². The standard InChI is InChI=1S/C35H63NO13/c1-12-22-14-24(37)28(40)26(38)17(2)15-34(7,43)31(49-33-27(39)23(36(9)10)13-18(3)45-33)19(4)29(20(5)32(42)47-22)48-25-16-35(8,44-11)30(41)21(6)46-25/h17-25,27-31,33,37,39-41,43H,12-16H2,1-11H3/t17-,18-,19+,20-,21+,22-,23+,24+,25+,27-,28-,29+,30+,31-,33+,34-,35-/m1/s1. The molecule has 0 saturated carbocycles. The molecule has 0 aromatic carbocycles. The number of ketones is 1. The number of esters is 1. The molecule has 3 saturated heterocycles. The first-order valence-corrected chi connectivity index (χ1v) is 17.7. The topological polar surface area (TPSA) is 194 Å². The number of cyclic esters (lactones) is 1. The molecule has 0 bridgehead atoms. The van der Waals surface area contributed by atoms with Gasteiger partial charge in [0.15, 0.2) is 18.4 Å². The number of nitrogens with zero attached hydrogens (tertiary/aromatic N) is 1. The van der Waals surface area contributed by atoms with Gasteiger partial charge in [-0.1, -0.05) is 20.8 Å². The van der Waals surface area contributed by atoms with Crippen LogP contribution >= 0.6 is 0 Å². The molecule has 5 N–H and O–H groups in total. The Labute approximate surface area is 291 Å². The van der Waals surface area contributed by atoms with E-state index in [2.05, 4.69) is 0 Å². The lowest BCUT2D eigenvalue weighted by atomic mass is 9.76. The molecule has 0 aromatic rings. The summed E-state index contributed by atoms with van der Waals surface area (Å²) in [7, 11) is 5.17. The van der Waals surface area contributed by atoms with E-state index in [0.717, 1.165) is 0 Å². The molecule has 3 heterocycles. The zero-order chi connectivity index (χ0) is 37.2. The Balaban J connectivity index is 2.13. The summed E-state index contributed by atoms with van der Waals surface area (Å²) >= 11 is 0. The third kappa shape index (κ3) is 9.78. The molecule has 0 unspecified atom stereocenters. The van der Waals surface area contributed by atoms with Crippen LogP contribution in [0.2, 0.25) is 0 Å². The molecule has 0 amide bonds. The van der Waals surface area contributed by atoms with Crippen molar-refractivity contribution in [1.29, 1.82) is 0 Å². The molecule has 286 valence electrons. The highest BCUT2D eigenvalue weighted by molar-refractivity contribution is 5.85. The van der Waals surface area contributed by atoms with Crippen LogP contribution in [-0.4, -0.2) is 148 Å². The van der Waals surface area contributed by atoms with Gasteiger partial charge in [0.05, 0.1) is 47.6 Å². The van der Waals surface area contributed by atoms with Crippen molar-refractivity contribution >= 4 is 11.8 Å². The zero-order valence-electron chi connectivity index (χ0n) is 31.1. The largest absolute Gasteiger partial charge is 0.462 e. The van der Waals surface area contributed by atoms with Crippen molar-refractivity contribution < 1.29 is 63.5 Å². The third-order valence-electron chi connectivity index (χ3n) is 10.9. The number of carbonyl (C=O) groups excluding carboxylic acids is 2. The van der Waals surface area contributed by atoms with Crippen LogP contribution in [0.3, 0.4) is 0 Å². The van der Waals surface area contributed by atoms with Crippen LogP contribution in [0.5, 0.6) is 0 Å². The van der Waals surface area contributed by atoms with E-state index in [0.29, 0.717) is 12.8 Å². The summed E-state index contributed by atoms with van der Waals surface area (Å²) in [6, 6.07) is -0.327. The van der Waals surface area contributed by atoms with Crippen LogP contribution in [0.15, 0.2) is 0 Å². The molecule has 3 aliphatic rings. The van der Waals surface area contributed by atoms with Crippen LogP contribution in [0.1, 0.15) is 87.5 Å². The van der Waals surface area contributed by atoms with Gasteiger partial charge in [0, 0.05) is 37.8 Å². The highest BCUT2D eigenvalue weighted by Gasteiger charge is 2.52. The van der Waals surface area contributed by atoms with E-state index < -0.39 is 102 Å². The Bertz CT molecular complexity index is 1090. The first kappa shape index (κ1) is 42.1. The molecule has 0 aliphatic carbocycles. The molecular weight excluding hydrogens is 642 g/mol. The predicted molar refractivity (Wildman–Crippen MR) is 177 cm³/mol. The minimum Gasteiger partial charge on any atom is -0.462 e. The van der Waals surface area contributed by atoms with E-state index in [4.69, 9.17) is 28.4 Å². The van der Waals surface area contributed by atoms with E-state index in [1.807, 2.05) is 25.9 Å². The summed E-state index contributed by atoms with van der Waals surface area (Å²) in [5.41, 5.74) is -2.86. The maximum atomic E-state index is 13.8. The second-order valence-electron chi connectivity index (χ2n) is 15.4. The van der Waals surface area contributed by atoms with Gasteiger partial charge in [-0.05, 0) is 68.0 Å². The Morgan fingerprint density at radius 1 is 0.939 bits per heavy atom. The van der Waals surface area contributed by atoms with E-state index in [1.165, 1.54) is 14.0 Å². The number of likely N-dealkylation sites (N-methyl/N-ethyl adjacent to an activating group) is 1. The number of Topliss-reactive ketones (excluding diaryl/α,β-unsaturated/α-hetero) is 1. The summed E-state index contributed by atoms with van der Waals surface area (Å²) in [6.45, 7) is 13.5. The zero-order valence-corrected chi connectivity index (χ0v) is 31.1. The number of aliphatic hydroxyl groups excluding tert-OH is 4. The fourth-order valence-corrected chi connectivity index (χ4v) is 7.70. The Kier molecular flexibility index (Phi) is 14.6. The monoisotopic (exact) mass is 705 g/mol. The molecular formula is C35H63NO13. The van der Waals surface area contributed by atoms with E-state index in [-0.39, 0.29) is 31.4 Å². The average molecular weight is 706 g/mol. The first-order chi connectivity index (χ1) is 22.7. The van der Waals surface area contributed by atoms with Gasteiger partial charge in [0.1, 0.15) is 24.4 Å². The van der Waals surface area contributed by atoms with Crippen molar-refractivity contribution in [2.75, 3.05) is 21.2 Å². The highest BCUT2D eigenvalue weighted by Crippen LogP contribution is 2.39. The summed E-state index contributed by atoms with van der Waals surface area (Å²) in [5.74, 6) is -4.11. The van der Waals surface area contributed by atoms with Gasteiger partial charge >= 0.3 is 5.97 Å². The van der Waals surface area contributed by atoms with Crippen molar-refractivity contribution in [1.82, 2.24) is 4.90 Å². The van der Waals surface area contributed by atoms with Gasteiger partial charge in [-0.25, -0.2) is 0 Å². The molecule has 14 heteroatoms. The van der Waals surface area contributed by atoms with E-state index in [9.17, 15) is 35.1 Å². The number of aliphatic hydroxyl groups is 5. The number of ether oxygens (including phenoxy) is 6. The first-order valence-electron chi connectivity index (χ1n) is 17.7. The van der Waals surface area contributed by atoms with Crippen LogP contribution in [-0.2, 0) is 38.0 Å². The molecule has 0 spiro atoms. The molecule has 3 rings (SSSR count). The number of hydrogen-bond acceptors (Lipinski definition) is 14. The van der Waals surface area contributed by atoms with Crippen molar-refractivity contribution in [2.24, 2.45) is 17.8 Å². The van der Waals surface area contributed by atoms with Crippen LogP contribution in [0.4, 0.5) is 0 Å². The van der Waals surface area contributed by atoms with Gasteiger partial charge < -0.3 is 58.9 Å². The maximum Gasteiger partial charge on any atom is 0.311 e. The molecule has 49 heavy (non-hydrogen) atoms. The lowest BCUT2D eigenvalue weighted by Crippen LogP contribution is -2.60. The summed E-state index contributed by atoms with van der Waals surface area (Å²) in [4.78, 5) is 29.1. The predicted octanol–water partition coefficient (Wildman–Crippen LogP) is 1.15. The second kappa shape index (κ2) is 17.0.